The predicted molar refractivity (Wildman–Crippen MR) is 40.5 cm³/mol. The monoisotopic (exact) mass is 127 g/mol. The first-order chi connectivity index (χ1) is 4.34. The molecule has 54 valence electrons. The Kier molecular flexibility index (Phi) is 2.52. The molecule has 1 N–H and O–H groups in total. The van der Waals surface area contributed by atoms with Gasteiger partial charge in [0, 0.05) is 6.04 Å². The summed E-state index contributed by atoms with van der Waals surface area (Å²) < 4.78 is 0. The summed E-state index contributed by atoms with van der Waals surface area (Å²) in [6.45, 7) is 2.29. The zero-order valence-electron chi connectivity index (χ0n) is 6.48. The Balaban J connectivity index is 2.24. The summed E-state index contributed by atoms with van der Waals surface area (Å²) in [7, 11) is 2.06. The molecular formula is C8H17N. The van der Waals surface area contributed by atoms with Crippen LogP contribution in [0.25, 0.3) is 0 Å². The van der Waals surface area contributed by atoms with Gasteiger partial charge in [0.15, 0.2) is 0 Å². The third kappa shape index (κ3) is 1.68. The largest absolute Gasteiger partial charge is 0.317 e. The molecule has 1 rings (SSSR count). The molecule has 0 aromatic rings. The van der Waals surface area contributed by atoms with E-state index in [2.05, 4.69) is 19.3 Å². The van der Waals surface area contributed by atoms with Crippen LogP contribution in [0.15, 0.2) is 0 Å². The maximum Gasteiger partial charge on any atom is 0.00639 e. The number of hydrogen-bond acceptors (Lipinski definition) is 1. The summed E-state index contributed by atoms with van der Waals surface area (Å²) in [4.78, 5) is 0. The van der Waals surface area contributed by atoms with Gasteiger partial charge in [-0.25, -0.2) is 0 Å². The van der Waals surface area contributed by atoms with Gasteiger partial charge < -0.3 is 5.32 Å². The number of nitrogens with one attached hydrogen (secondary N) is 1. The van der Waals surface area contributed by atoms with Crippen molar-refractivity contribution in [3.8, 4) is 0 Å². The second-order valence-electron chi connectivity index (χ2n) is 3.12. The second-order valence-corrected chi connectivity index (χ2v) is 3.12. The van der Waals surface area contributed by atoms with Crippen LogP contribution in [0.1, 0.15) is 32.6 Å². The maximum atomic E-state index is 3.31. The highest BCUT2D eigenvalue weighted by Crippen LogP contribution is 2.27. The van der Waals surface area contributed by atoms with Crippen molar-refractivity contribution >= 4 is 0 Å². The van der Waals surface area contributed by atoms with Crippen LogP contribution in [0.3, 0.4) is 0 Å². The number of hydrogen-bond donors (Lipinski definition) is 1. The highest BCUT2D eigenvalue weighted by atomic mass is 14.9. The molecule has 1 saturated carbocycles. The Morgan fingerprint density at radius 3 is 2.33 bits per heavy atom. The topological polar surface area (TPSA) is 12.0 Å². The van der Waals surface area contributed by atoms with E-state index in [1.807, 2.05) is 0 Å². The third-order valence-electron chi connectivity index (χ3n) is 2.56. The van der Waals surface area contributed by atoms with Crippen LogP contribution in [0.4, 0.5) is 0 Å². The molecule has 0 aromatic carbocycles. The molecule has 0 spiro atoms. The van der Waals surface area contributed by atoms with Crippen molar-refractivity contribution in [1.82, 2.24) is 5.32 Å². The minimum atomic E-state index is 0.743. The molecule has 1 aliphatic carbocycles. The Morgan fingerprint density at radius 1 is 1.33 bits per heavy atom. The molecular weight excluding hydrogens is 110 g/mol. The van der Waals surface area contributed by atoms with Crippen LogP contribution in [-0.4, -0.2) is 13.1 Å². The van der Waals surface area contributed by atoms with Gasteiger partial charge in [-0.2, -0.15) is 0 Å². The van der Waals surface area contributed by atoms with E-state index in [1.165, 1.54) is 25.7 Å². The molecule has 0 aliphatic heterocycles. The predicted octanol–water partition coefficient (Wildman–Crippen LogP) is 1.78. The summed E-state index contributed by atoms with van der Waals surface area (Å²) >= 11 is 0. The van der Waals surface area contributed by atoms with Crippen LogP contribution in [0.2, 0.25) is 0 Å². The van der Waals surface area contributed by atoms with Crippen molar-refractivity contribution in [3.63, 3.8) is 0 Å². The SMILES string of the molecule is CNC(C)C1CCCC1. The zero-order chi connectivity index (χ0) is 6.69. The highest BCUT2D eigenvalue weighted by Gasteiger charge is 2.19. The fraction of sp³-hybridized carbons (Fsp3) is 1.00. The van der Waals surface area contributed by atoms with E-state index in [0.717, 1.165) is 12.0 Å². The first-order valence-electron chi connectivity index (χ1n) is 4.02. The van der Waals surface area contributed by atoms with Gasteiger partial charge in [0.05, 0.1) is 0 Å². The molecule has 1 heteroatoms. The van der Waals surface area contributed by atoms with E-state index < -0.39 is 0 Å². The lowest BCUT2D eigenvalue weighted by molar-refractivity contribution is 0.405. The highest BCUT2D eigenvalue weighted by molar-refractivity contribution is 4.75. The lowest BCUT2D eigenvalue weighted by Crippen LogP contribution is -2.28. The van der Waals surface area contributed by atoms with Gasteiger partial charge in [0.2, 0.25) is 0 Å². The van der Waals surface area contributed by atoms with Crippen LogP contribution >= 0.6 is 0 Å². The summed E-state index contributed by atoms with van der Waals surface area (Å²) in [6, 6.07) is 0.743. The second kappa shape index (κ2) is 3.21. The molecule has 1 fully saturated rings. The van der Waals surface area contributed by atoms with Crippen molar-refractivity contribution in [2.45, 2.75) is 38.6 Å². The first-order valence-corrected chi connectivity index (χ1v) is 4.02. The van der Waals surface area contributed by atoms with Crippen molar-refractivity contribution in [3.05, 3.63) is 0 Å². The molecule has 1 aliphatic rings. The first kappa shape index (κ1) is 7.07. The molecule has 0 amide bonds. The van der Waals surface area contributed by atoms with Crippen molar-refractivity contribution < 1.29 is 0 Å². The normalized spacial score (nSPS) is 24.7. The van der Waals surface area contributed by atoms with E-state index in [4.69, 9.17) is 0 Å². The third-order valence-corrected chi connectivity index (χ3v) is 2.56. The zero-order valence-corrected chi connectivity index (χ0v) is 6.48. The van der Waals surface area contributed by atoms with E-state index in [1.54, 1.807) is 0 Å². The molecule has 1 nitrogen and oxygen atoms in total. The lowest BCUT2D eigenvalue weighted by atomic mass is 10.0. The van der Waals surface area contributed by atoms with Gasteiger partial charge in [0.25, 0.3) is 0 Å². The number of rotatable bonds is 2. The van der Waals surface area contributed by atoms with Crippen LogP contribution < -0.4 is 5.32 Å². The van der Waals surface area contributed by atoms with E-state index >= 15 is 0 Å². The summed E-state index contributed by atoms with van der Waals surface area (Å²) in [6.07, 6.45) is 5.80. The van der Waals surface area contributed by atoms with Crippen LogP contribution in [0.5, 0.6) is 0 Å². The van der Waals surface area contributed by atoms with Gasteiger partial charge in [0.1, 0.15) is 0 Å². The molecule has 0 bridgehead atoms. The average Bonchev–Trinajstić information content (AvgIpc) is 2.37. The Labute approximate surface area is 57.8 Å². The van der Waals surface area contributed by atoms with Crippen molar-refractivity contribution in [2.75, 3.05) is 7.05 Å². The fourth-order valence-corrected chi connectivity index (χ4v) is 1.69. The molecule has 0 saturated heterocycles. The molecule has 1 unspecified atom stereocenters. The fourth-order valence-electron chi connectivity index (χ4n) is 1.69. The van der Waals surface area contributed by atoms with Gasteiger partial charge >= 0.3 is 0 Å². The van der Waals surface area contributed by atoms with Gasteiger partial charge in [-0.05, 0) is 32.7 Å². The summed E-state index contributed by atoms with van der Waals surface area (Å²) in [5.41, 5.74) is 0. The summed E-state index contributed by atoms with van der Waals surface area (Å²) in [5.74, 6) is 0.968. The lowest BCUT2D eigenvalue weighted by Gasteiger charge is -2.16. The van der Waals surface area contributed by atoms with E-state index in [-0.39, 0.29) is 0 Å². The average molecular weight is 127 g/mol. The molecule has 9 heavy (non-hydrogen) atoms. The smallest absolute Gasteiger partial charge is 0.00639 e. The van der Waals surface area contributed by atoms with Gasteiger partial charge in [-0.3, -0.25) is 0 Å². The standard InChI is InChI=1S/C8H17N/c1-7(9-2)8-5-3-4-6-8/h7-9H,3-6H2,1-2H3. The molecule has 1 atom stereocenters. The maximum absolute atomic E-state index is 3.31. The van der Waals surface area contributed by atoms with Gasteiger partial charge in [-0.15, -0.1) is 0 Å². The van der Waals surface area contributed by atoms with Crippen LogP contribution in [-0.2, 0) is 0 Å². The summed E-state index contributed by atoms with van der Waals surface area (Å²) in [5, 5.41) is 3.31. The Hall–Kier alpha value is -0.0400. The molecule has 0 heterocycles. The van der Waals surface area contributed by atoms with Crippen molar-refractivity contribution in [2.24, 2.45) is 5.92 Å². The van der Waals surface area contributed by atoms with Gasteiger partial charge in [-0.1, -0.05) is 12.8 Å². The van der Waals surface area contributed by atoms with E-state index in [9.17, 15) is 0 Å². The molecule has 0 radical (unpaired) electrons. The minimum Gasteiger partial charge on any atom is -0.317 e. The Morgan fingerprint density at radius 2 is 1.89 bits per heavy atom. The van der Waals surface area contributed by atoms with Crippen molar-refractivity contribution in [1.29, 1.82) is 0 Å². The Bertz CT molecular complexity index is 74.6. The minimum absolute atomic E-state index is 0.743. The van der Waals surface area contributed by atoms with Crippen LogP contribution in [0, 0.1) is 5.92 Å². The van der Waals surface area contributed by atoms with E-state index in [0.29, 0.717) is 0 Å². The quantitative estimate of drug-likeness (QED) is 0.596. The molecule has 0 aromatic heterocycles.